The number of β-lactam (4-membered cyclic amide) rings is 1. The first kappa shape index (κ1) is 18.3. The summed E-state index contributed by atoms with van der Waals surface area (Å²) in [5, 5.41) is 9.10. The van der Waals surface area contributed by atoms with Crippen LogP contribution in [0.4, 0.5) is 0 Å². The summed E-state index contributed by atoms with van der Waals surface area (Å²) in [6.07, 6.45) is 1.42. The number of ether oxygens (including phenoxy) is 3. The van der Waals surface area contributed by atoms with Gasteiger partial charge in [-0.1, -0.05) is 18.2 Å². The summed E-state index contributed by atoms with van der Waals surface area (Å²) < 4.78 is 17.1. The number of likely N-dealkylation sites (tertiary alicyclic amines) is 1. The fraction of sp³-hybridized carbons (Fsp3) is 0.364. The number of benzene rings is 2. The maximum atomic E-state index is 12.9. The second-order valence-electron chi connectivity index (χ2n) is 7.03. The van der Waals surface area contributed by atoms with Crippen molar-refractivity contribution in [3.05, 3.63) is 59.7 Å². The smallest absolute Gasteiger partial charge is 0.266 e. The Labute approximate surface area is 164 Å². The van der Waals surface area contributed by atoms with Crippen molar-refractivity contribution >= 4 is 5.91 Å². The Balaban J connectivity index is 1.60. The van der Waals surface area contributed by atoms with Crippen LogP contribution in [0.15, 0.2) is 48.5 Å². The van der Waals surface area contributed by atoms with Crippen LogP contribution >= 0.6 is 0 Å². The third-order valence-corrected chi connectivity index (χ3v) is 5.23. The van der Waals surface area contributed by atoms with Crippen molar-refractivity contribution < 1.29 is 19.0 Å². The molecule has 2 aromatic rings. The Morgan fingerprint density at radius 1 is 1.21 bits per heavy atom. The standard InChI is InChI=1S/C22H22N2O4/c1-26-17-7-3-6-16(12-17)20-21(28-18-8-2-5-15(11-18)13-23)22(25)24(20)14-19-9-4-10-27-19/h2-3,5-8,11-12,19-21H,4,9-10,14H2,1H3. The van der Waals surface area contributed by atoms with Crippen molar-refractivity contribution in [1.82, 2.24) is 4.90 Å². The first-order valence-electron chi connectivity index (χ1n) is 9.42. The van der Waals surface area contributed by atoms with Crippen molar-refractivity contribution in [2.75, 3.05) is 20.3 Å². The molecule has 2 fully saturated rings. The first-order valence-corrected chi connectivity index (χ1v) is 9.42. The highest BCUT2D eigenvalue weighted by molar-refractivity contribution is 5.89. The van der Waals surface area contributed by atoms with Gasteiger partial charge in [0.15, 0.2) is 0 Å². The SMILES string of the molecule is COc1cccc(C2C(Oc3cccc(C#N)c3)C(=O)N2CC2CCCO2)c1. The summed E-state index contributed by atoms with van der Waals surface area (Å²) >= 11 is 0. The van der Waals surface area contributed by atoms with E-state index in [0.717, 1.165) is 30.8 Å². The second kappa shape index (κ2) is 7.91. The number of hydrogen-bond donors (Lipinski definition) is 0. The topological polar surface area (TPSA) is 71.8 Å². The van der Waals surface area contributed by atoms with Crippen molar-refractivity contribution in [3.8, 4) is 17.6 Å². The summed E-state index contributed by atoms with van der Waals surface area (Å²) in [6.45, 7) is 1.30. The zero-order valence-corrected chi connectivity index (χ0v) is 15.7. The molecular formula is C22H22N2O4. The number of methoxy groups -OCH3 is 1. The molecule has 6 nitrogen and oxygen atoms in total. The molecule has 4 rings (SSSR count). The van der Waals surface area contributed by atoms with Gasteiger partial charge >= 0.3 is 0 Å². The van der Waals surface area contributed by atoms with Crippen LogP contribution in [0.25, 0.3) is 0 Å². The number of carbonyl (C=O) groups is 1. The minimum atomic E-state index is -0.637. The molecule has 2 saturated heterocycles. The van der Waals surface area contributed by atoms with Crippen molar-refractivity contribution in [3.63, 3.8) is 0 Å². The number of amides is 1. The molecule has 28 heavy (non-hydrogen) atoms. The van der Waals surface area contributed by atoms with Gasteiger partial charge in [-0.2, -0.15) is 5.26 Å². The van der Waals surface area contributed by atoms with Gasteiger partial charge < -0.3 is 19.1 Å². The highest BCUT2D eigenvalue weighted by atomic mass is 16.5. The van der Waals surface area contributed by atoms with Gasteiger partial charge in [-0.15, -0.1) is 0 Å². The van der Waals surface area contributed by atoms with Crippen LogP contribution < -0.4 is 9.47 Å². The minimum Gasteiger partial charge on any atom is -0.497 e. The number of rotatable bonds is 6. The Bertz CT molecular complexity index is 901. The zero-order chi connectivity index (χ0) is 19.5. The zero-order valence-electron chi connectivity index (χ0n) is 15.7. The molecule has 2 aliphatic heterocycles. The van der Waals surface area contributed by atoms with Crippen molar-refractivity contribution in [2.24, 2.45) is 0 Å². The molecule has 1 amide bonds. The van der Waals surface area contributed by atoms with E-state index in [0.29, 0.717) is 17.9 Å². The normalized spacial score (nSPS) is 23.8. The second-order valence-corrected chi connectivity index (χ2v) is 7.03. The molecule has 0 spiro atoms. The summed E-state index contributed by atoms with van der Waals surface area (Å²) in [6, 6.07) is 16.4. The quantitative estimate of drug-likeness (QED) is 0.723. The summed E-state index contributed by atoms with van der Waals surface area (Å²) in [5.74, 6) is 1.19. The fourth-order valence-corrected chi connectivity index (χ4v) is 3.81. The van der Waals surface area contributed by atoms with Crippen LogP contribution in [-0.4, -0.2) is 43.3 Å². The molecule has 144 valence electrons. The van der Waals surface area contributed by atoms with E-state index in [1.165, 1.54) is 0 Å². The highest BCUT2D eigenvalue weighted by Gasteiger charge is 2.51. The molecule has 2 heterocycles. The molecule has 0 saturated carbocycles. The van der Waals surface area contributed by atoms with Gasteiger partial charge in [-0.25, -0.2) is 0 Å². The minimum absolute atomic E-state index is 0.0642. The van der Waals surface area contributed by atoms with E-state index in [2.05, 4.69) is 6.07 Å². The van der Waals surface area contributed by atoms with Crippen LogP contribution in [0.3, 0.4) is 0 Å². The maximum Gasteiger partial charge on any atom is 0.266 e. The van der Waals surface area contributed by atoms with Crippen molar-refractivity contribution in [1.29, 1.82) is 5.26 Å². The lowest BCUT2D eigenvalue weighted by Crippen LogP contribution is -2.62. The van der Waals surface area contributed by atoms with Gasteiger partial charge in [0.05, 0.1) is 24.8 Å². The van der Waals surface area contributed by atoms with Gasteiger partial charge in [0, 0.05) is 13.2 Å². The van der Waals surface area contributed by atoms with E-state index in [4.69, 9.17) is 19.5 Å². The lowest BCUT2D eigenvalue weighted by atomic mass is 9.89. The number of nitrogens with zero attached hydrogens (tertiary/aromatic N) is 2. The summed E-state index contributed by atoms with van der Waals surface area (Å²) in [4.78, 5) is 14.7. The molecule has 2 aromatic carbocycles. The van der Waals surface area contributed by atoms with E-state index < -0.39 is 6.10 Å². The molecular weight excluding hydrogens is 356 g/mol. The maximum absolute atomic E-state index is 12.9. The predicted octanol–water partition coefficient (Wildman–Crippen LogP) is 3.08. The third kappa shape index (κ3) is 3.54. The van der Waals surface area contributed by atoms with E-state index in [-0.39, 0.29) is 18.1 Å². The van der Waals surface area contributed by atoms with Crippen LogP contribution in [0.2, 0.25) is 0 Å². The van der Waals surface area contributed by atoms with Crippen molar-refractivity contribution in [2.45, 2.75) is 31.1 Å². The van der Waals surface area contributed by atoms with Gasteiger partial charge in [-0.05, 0) is 48.7 Å². The fourth-order valence-electron chi connectivity index (χ4n) is 3.81. The lowest BCUT2D eigenvalue weighted by Gasteiger charge is -2.47. The van der Waals surface area contributed by atoms with E-state index in [1.807, 2.05) is 29.2 Å². The van der Waals surface area contributed by atoms with E-state index >= 15 is 0 Å². The monoisotopic (exact) mass is 378 g/mol. The average Bonchev–Trinajstić information content (AvgIpc) is 3.26. The molecule has 0 N–H and O–H groups in total. The van der Waals surface area contributed by atoms with Gasteiger partial charge in [-0.3, -0.25) is 4.79 Å². The Hall–Kier alpha value is -3.04. The summed E-state index contributed by atoms with van der Waals surface area (Å²) in [5.41, 5.74) is 1.46. The van der Waals surface area contributed by atoms with Crippen LogP contribution in [-0.2, 0) is 9.53 Å². The van der Waals surface area contributed by atoms with Gasteiger partial charge in [0.25, 0.3) is 5.91 Å². The first-order chi connectivity index (χ1) is 13.7. The Morgan fingerprint density at radius 2 is 2.04 bits per heavy atom. The molecule has 2 aliphatic rings. The number of hydrogen-bond acceptors (Lipinski definition) is 5. The lowest BCUT2D eigenvalue weighted by molar-refractivity contribution is -0.167. The van der Waals surface area contributed by atoms with E-state index in [1.54, 1.807) is 31.4 Å². The molecule has 0 bridgehead atoms. The third-order valence-electron chi connectivity index (χ3n) is 5.23. The molecule has 0 aromatic heterocycles. The van der Waals surface area contributed by atoms with Gasteiger partial charge in [0.1, 0.15) is 17.5 Å². The predicted molar refractivity (Wildman–Crippen MR) is 102 cm³/mol. The molecule has 3 atom stereocenters. The molecule has 0 radical (unpaired) electrons. The Morgan fingerprint density at radius 3 is 2.79 bits per heavy atom. The highest BCUT2D eigenvalue weighted by Crippen LogP contribution is 2.39. The van der Waals surface area contributed by atoms with Crippen LogP contribution in [0.5, 0.6) is 11.5 Å². The van der Waals surface area contributed by atoms with Crippen LogP contribution in [0, 0.1) is 11.3 Å². The number of nitriles is 1. The summed E-state index contributed by atoms with van der Waals surface area (Å²) in [7, 11) is 1.62. The molecule has 0 aliphatic carbocycles. The van der Waals surface area contributed by atoms with Crippen LogP contribution in [0.1, 0.15) is 30.0 Å². The Kier molecular flexibility index (Phi) is 5.18. The van der Waals surface area contributed by atoms with E-state index in [9.17, 15) is 4.79 Å². The molecule has 3 unspecified atom stereocenters. The average molecular weight is 378 g/mol. The van der Waals surface area contributed by atoms with Gasteiger partial charge in [0.2, 0.25) is 6.10 Å². The largest absolute Gasteiger partial charge is 0.497 e. The molecule has 6 heteroatoms. The number of carbonyl (C=O) groups excluding carboxylic acids is 1.